The summed E-state index contributed by atoms with van der Waals surface area (Å²) in [5, 5.41) is 0. The number of hydrogen-bond donors (Lipinski definition) is 1. The van der Waals surface area contributed by atoms with Crippen LogP contribution >= 0.6 is 11.8 Å². The third-order valence-corrected chi connectivity index (χ3v) is 3.61. The lowest BCUT2D eigenvalue weighted by atomic mass is 10.1. The van der Waals surface area contributed by atoms with Gasteiger partial charge in [-0.3, -0.25) is 4.98 Å². The van der Waals surface area contributed by atoms with Crippen LogP contribution in [0.2, 0.25) is 0 Å². The van der Waals surface area contributed by atoms with E-state index in [9.17, 15) is 0 Å². The van der Waals surface area contributed by atoms with Gasteiger partial charge >= 0.3 is 0 Å². The molecule has 0 bridgehead atoms. The Morgan fingerprint density at radius 2 is 1.88 bits per heavy atom. The normalized spacial score (nSPS) is 10.5. The highest BCUT2D eigenvalue weighted by Crippen LogP contribution is 2.28. The quantitative estimate of drug-likeness (QED) is 0.898. The van der Waals surface area contributed by atoms with Gasteiger partial charge in [-0.05, 0) is 55.3 Å². The van der Waals surface area contributed by atoms with Gasteiger partial charge in [0.1, 0.15) is 0 Å². The molecule has 0 radical (unpaired) electrons. The molecule has 2 N–H and O–H groups in total. The van der Waals surface area contributed by atoms with Gasteiger partial charge in [0.15, 0.2) is 0 Å². The molecule has 1 aromatic carbocycles. The van der Waals surface area contributed by atoms with Crippen LogP contribution in [0.4, 0.5) is 0 Å². The van der Waals surface area contributed by atoms with Crippen LogP contribution in [0.3, 0.4) is 0 Å². The van der Waals surface area contributed by atoms with Gasteiger partial charge in [0.2, 0.25) is 0 Å². The minimum Gasteiger partial charge on any atom is -0.330 e. The van der Waals surface area contributed by atoms with Crippen molar-refractivity contribution in [3.63, 3.8) is 0 Å². The predicted molar refractivity (Wildman–Crippen MR) is 72.3 cm³/mol. The molecule has 2 aromatic rings. The van der Waals surface area contributed by atoms with E-state index in [0.717, 1.165) is 6.42 Å². The van der Waals surface area contributed by atoms with Crippen molar-refractivity contribution in [2.45, 2.75) is 23.1 Å². The minimum atomic E-state index is 0.706. The Labute approximate surface area is 106 Å². The molecule has 0 aliphatic heterocycles. The topological polar surface area (TPSA) is 38.9 Å². The van der Waals surface area contributed by atoms with Crippen LogP contribution in [0.1, 0.15) is 11.1 Å². The number of aryl methyl sites for hydroxylation is 1. The van der Waals surface area contributed by atoms with E-state index in [-0.39, 0.29) is 0 Å². The first-order chi connectivity index (χ1) is 8.29. The number of benzene rings is 1. The van der Waals surface area contributed by atoms with Crippen LogP contribution < -0.4 is 5.73 Å². The van der Waals surface area contributed by atoms with Crippen molar-refractivity contribution >= 4 is 11.8 Å². The van der Waals surface area contributed by atoms with Crippen molar-refractivity contribution in [3.05, 3.63) is 53.9 Å². The molecular formula is C14H16N2S. The Hall–Kier alpha value is -1.32. The van der Waals surface area contributed by atoms with Crippen molar-refractivity contribution in [1.29, 1.82) is 0 Å². The molecule has 0 amide bonds. The molecule has 0 atom stereocenters. The summed E-state index contributed by atoms with van der Waals surface area (Å²) in [6, 6.07) is 10.6. The third kappa shape index (κ3) is 3.32. The molecule has 0 aliphatic carbocycles. The summed E-state index contributed by atoms with van der Waals surface area (Å²) in [4.78, 5) is 6.49. The Balaban J connectivity index is 2.15. The van der Waals surface area contributed by atoms with Crippen LogP contribution in [0.5, 0.6) is 0 Å². The lowest BCUT2D eigenvalue weighted by Gasteiger charge is -2.07. The zero-order valence-corrected chi connectivity index (χ0v) is 10.7. The fourth-order valence-corrected chi connectivity index (χ4v) is 2.61. The van der Waals surface area contributed by atoms with Crippen LogP contribution in [-0.2, 0) is 6.42 Å². The number of rotatable bonds is 4. The molecule has 2 nitrogen and oxygen atoms in total. The molecular weight excluding hydrogens is 228 g/mol. The lowest BCUT2D eigenvalue weighted by molar-refractivity contribution is 0.954. The molecule has 1 heterocycles. The Morgan fingerprint density at radius 1 is 1.12 bits per heavy atom. The predicted octanol–water partition coefficient (Wildman–Crippen LogP) is 3.04. The van der Waals surface area contributed by atoms with Crippen molar-refractivity contribution in [3.8, 4) is 0 Å². The molecule has 1 aromatic heterocycles. The average molecular weight is 244 g/mol. The summed E-state index contributed by atoms with van der Waals surface area (Å²) in [5.74, 6) is 0. The van der Waals surface area contributed by atoms with Crippen molar-refractivity contribution < 1.29 is 0 Å². The second-order valence-electron chi connectivity index (χ2n) is 3.91. The molecule has 0 saturated heterocycles. The van der Waals surface area contributed by atoms with Crippen molar-refractivity contribution in [2.75, 3.05) is 6.54 Å². The van der Waals surface area contributed by atoms with Gasteiger partial charge in [-0.25, -0.2) is 0 Å². The molecule has 0 saturated carbocycles. The van der Waals surface area contributed by atoms with Gasteiger partial charge in [0, 0.05) is 22.2 Å². The van der Waals surface area contributed by atoms with Crippen LogP contribution in [0, 0.1) is 6.92 Å². The second kappa shape index (κ2) is 5.84. The SMILES string of the molecule is Cc1cc(Sc2ccncc2)ccc1CCN. The van der Waals surface area contributed by atoms with E-state index in [1.165, 1.54) is 20.9 Å². The first-order valence-corrected chi connectivity index (χ1v) is 6.48. The number of nitrogens with zero attached hydrogens (tertiary/aromatic N) is 1. The Morgan fingerprint density at radius 3 is 2.53 bits per heavy atom. The first-order valence-electron chi connectivity index (χ1n) is 5.67. The zero-order chi connectivity index (χ0) is 12.1. The van der Waals surface area contributed by atoms with E-state index in [1.807, 2.05) is 24.5 Å². The second-order valence-corrected chi connectivity index (χ2v) is 5.06. The van der Waals surface area contributed by atoms with Crippen LogP contribution in [-0.4, -0.2) is 11.5 Å². The molecule has 0 unspecified atom stereocenters. The summed E-state index contributed by atoms with van der Waals surface area (Å²) in [6.07, 6.45) is 4.59. The van der Waals surface area contributed by atoms with Crippen LogP contribution in [0.15, 0.2) is 52.5 Å². The number of nitrogens with two attached hydrogens (primary N) is 1. The van der Waals surface area contributed by atoms with Gasteiger partial charge in [-0.15, -0.1) is 0 Å². The molecule has 17 heavy (non-hydrogen) atoms. The highest BCUT2D eigenvalue weighted by molar-refractivity contribution is 7.99. The van der Waals surface area contributed by atoms with E-state index in [4.69, 9.17) is 5.73 Å². The maximum atomic E-state index is 5.58. The number of hydrogen-bond acceptors (Lipinski definition) is 3. The molecule has 0 spiro atoms. The van der Waals surface area contributed by atoms with Gasteiger partial charge in [0.05, 0.1) is 0 Å². The first kappa shape index (κ1) is 12.1. The zero-order valence-electron chi connectivity index (χ0n) is 9.89. The van der Waals surface area contributed by atoms with E-state index < -0.39 is 0 Å². The Kier molecular flexibility index (Phi) is 4.18. The highest BCUT2D eigenvalue weighted by Gasteiger charge is 2.01. The largest absolute Gasteiger partial charge is 0.330 e. The fraction of sp³-hybridized carbons (Fsp3) is 0.214. The van der Waals surface area contributed by atoms with Crippen molar-refractivity contribution in [2.24, 2.45) is 5.73 Å². The smallest absolute Gasteiger partial charge is 0.0279 e. The molecule has 3 heteroatoms. The lowest BCUT2D eigenvalue weighted by Crippen LogP contribution is -2.03. The van der Waals surface area contributed by atoms with Crippen LogP contribution in [0.25, 0.3) is 0 Å². The fourth-order valence-electron chi connectivity index (χ4n) is 1.71. The number of pyridine rings is 1. The van der Waals surface area contributed by atoms with Crippen molar-refractivity contribution in [1.82, 2.24) is 4.98 Å². The van der Waals surface area contributed by atoms with Gasteiger partial charge in [-0.2, -0.15) is 0 Å². The van der Waals surface area contributed by atoms with E-state index in [2.05, 4.69) is 30.1 Å². The molecule has 2 rings (SSSR count). The molecule has 0 aliphatic rings. The summed E-state index contributed by atoms with van der Waals surface area (Å²) in [5.41, 5.74) is 8.23. The summed E-state index contributed by atoms with van der Waals surface area (Å²) in [7, 11) is 0. The van der Waals surface area contributed by atoms with Gasteiger partial charge in [-0.1, -0.05) is 17.8 Å². The van der Waals surface area contributed by atoms with Gasteiger partial charge in [0.25, 0.3) is 0 Å². The molecule has 0 fully saturated rings. The maximum Gasteiger partial charge on any atom is 0.0279 e. The average Bonchev–Trinajstić information content (AvgIpc) is 2.34. The Bertz CT molecular complexity index is 483. The monoisotopic (exact) mass is 244 g/mol. The van der Waals surface area contributed by atoms with Gasteiger partial charge < -0.3 is 5.73 Å². The third-order valence-electron chi connectivity index (χ3n) is 2.61. The minimum absolute atomic E-state index is 0.706. The number of aromatic nitrogens is 1. The summed E-state index contributed by atoms with van der Waals surface area (Å²) < 4.78 is 0. The van der Waals surface area contributed by atoms with E-state index in [0.29, 0.717) is 6.54 Å². The summed E-state index contributed by atoms with van der Waals surface area (Å²) >= 11 is 1.76. The highest BCUT2D eigenvalue weighted by atomic mass is 32.2. The standard InChI is InChI=1S/C14H16N2S/c1-11-10-14(3-2-12(11)4-7-15)17-13-5-8-16-9-6-13/h2-3,5-6,8-10H,4,7,15H2,1H3. The maximum absolute atomic E-state index is 5.58. The van der Waals surface area contributed by atoms with E-state index >= 15 is 0 Å². The van der Waals surface area contributed by atoms with E-state index in [1.54, 1.807) is 11.8 Å². The summed E-state index contributed by atoms with van der Waals surface area (Å²) in [6.45, 7) is 2.85. The molecule has 88 valence electrons.